The molecule has 1 atom stereocenters. The fourth-order valence-corrected chi connectivity index (χ4v) is 5.28. The first kappa shape index (κ1) is 22.6. The van der Waals surface area contributed by atoms with Crippen LogP contribution in [-0.2, 0) is 24.6 Å². The Balaban J connectivity index is 2.03. The Morgan fingerprint density at radius 2 is 1.68 bits per heavy atom. The lowest BCUT2D eigenvalue weighted by atomic mass is 9.84. The molecule has 28 heavy (non-hydrogen) atoms. The van der Waals surface area contributed by atoms with Crippen molar-refractivity contribution in [3.8, 4) is 0 Å². The topological polar surface area (TPSA) is 102 Å². The number of carbonyl (C=O) groups is 2. The van der Waals surface area contributed by atoms with Gasteiger partial charge in [0.1, 0.15) is 6.04 Å². The molecule has 1 aliphatic rings. The Kier molecular flexibility index (Phi) is 8.67. The van der Waals surface area contributed by atoms with Crippen LogP contribution < -0.4 is 5.32 Å². The summed E-state index contributed by atoms with van der Waals surface area (Å²) in [6.45, 7) is 4.08. The van der Waals surface area contributed by atoms with E-state index in [0.29, 0.717) is 5.56 Å². The predicted molar refractivity (Wildman–Crippen MR) is 106 cm³/mol. The van der Waals surface area contributed by atoms with E-state index in [2.05, 4.69) is 5.32 Å². The Morgan fingerprint density at radius 3 is 2.18 bits per heavy atom. The van der Waals surface area contributed by atoms with Crippen LogP contribution in [0.5, 0.6) is 0 Å². The molecule has 2 N–H and O–H groups in total. The van der Waals surface area contributed by atoms with E-state index >= 15 is 0 Å². The molecule has 1 aromatic rings. The minimum atomic E-state index is -3.21. The molecule has 0 aliphatic heterocycles. The number of nitrogens with one attached hydrogen (secondary N) is 1. The number of benzene rings is 1. The summed E-state index contributed by atoms with van der Waals surface area (Å²) < 4.78 is 23.2. The SMILES string of the molecule is CCOP(=O)(Cc1ccc(C(=O)N[C@@H](C(=O)O)C2CCCCC2)cc1)OCC. The average Bonchev–Trinajstić information content (AvgIpc) is 2.67. The van der Waals surface area contributed by atoms with Gasteiger partial charge < -0.3 is 19.5 Å². The number of amides is 1. The molecule has 7 nitrogen and oxygen atoms in total. The maximum absolute atomic E-state index is 12.6. The lowest BCUT2D eigenvalue weighted by Gasteiger charge is -2.28. The highest BCUT2D eigenvalue weighted by molar-refractivity contribution is 7.53. The normalized spacial score (nSPS) is 16.5. The smallest absolute Gasteiger partial charge is 0.335 e. The van der Waals surface area contributed by atoms with Gasteiger partial charge in [0.15, 0.2) is 0 Å². The lowest BCUT2D eigenvalue weighted by molar-refractivity contribution is -0.141. The third-order valence-electron chi connectivity index (χ3n) is 4.92. The third kappa shape index (κ3) is 6.43. The largest absolute Gasteiger partial charge is 0.480 e. The van der Waals surface area contributed by atoms with E-state index in [4.69, 9.17) is 9.05 Å². The molecule has 1 aliphatic carbocycles. The Morgan fingerprint density at radius 1 is 1.11 bits per heavy atom. The number of carboxylic acids is 1. The zero-order valence-corrected chi connectivity index (χ0v) is 17.5. The summed E-state index contributed by atoms with van der Waals surface area (Å²) in [5, 5.41) is 12.2. The van der Waals surface area contributed by atoms with Crippen LogP contribution >= 0.6 is 7.60 Å². The van der Waals surface area contributed by atoms with Crippen molar-refractivity contribution in [2.24, 2.45) is 5.92 Å². The molecule has 1 saturated carbocycles. The molecule has 0 radical (unpaired) electrons. The van der Waals surface area contributed by atoms with Gasteiger partial charge in [0, 0.05) is 5.56 Å². The number of carboxylic acid groups (broad SMARTS) is 1. The fourth-order valence-electron chi connectivity index (χ4n) is 3.58. The number of rotatable bonds is 10. The van der Waals surface area contributed by atoms with Gasteiger partial charge in [-0.3, -0.25) is 9.36 Å². The van der Waals surface area contributed by atoms with Crippen molar-refractivity contribution in [3.05, 3.63) is 35.4 Å². The van der Waals surface area contributed by atoms with Crippen LogP contribution in [0.3, 0.4) is 0 Å². The summed E-state index contributed by atoms with van der Waals surface area (Å²) in [7, 11) is -3.21. The highest BCUT2D eigenvalue weighted by Crippen LogP contribution is 2.51. The molecule has 0 aromatic heterocycles. The second-order valence-corrected chi connectivity index (χ2v) is 9.04. The molecule has 0 heterocycles. The van der Waals surface area contributed by atoms with Crippen molar-refractivity contribution in [1.29, 1.82) is 0 Å². The van der Waals surface area contributed by atoms with Gasteiger partial charge in [0.05, 0.1) is 19.4 Å². The van der Waals surface area contributed by atoms with Gasteiger partial charge in [0.25, 0.3) is 5.91 Å². The summed E-state index contributed by atoms with van der Waals surface area (Å²) in [4.78, 5) is 24.2. The molecule has 156 valence electrons. The van der Waals surface area contributed by atoms with Crippen LogP contribution in [0.4, 0.5) is 0 Å². The molecular weight excluding hydrogens is 381 g/mol. The molecule has 2 rings (SSSR count). The first-order chi connectivity index (χ1) is 13.4. The quantitative estimate of drug-likeness (QED) is 0.559. The van der Waals surface area contributed by atoms with Crippen molar-refractivity contribution in [1.82, 2.24) is 5.32 Å². The van der Waals surface area contributed by atoms with Gasteiger partial charge in [-0.1, -0.05) is 31.4 Å². The molecule has 1 aromatic carbocycles. The molecule has 0 bridgehead atoms. The minimum Gasteiger partial charge on any atom is -0.480 e. The van der Waals surface area contributed by atoms with Crippen LogP contribution in [-0.4, -0.2) is 36.2 Å². The number of carbonyl (C=O) groups excluding carboxylic acids is 1. The number of aliphatic carboxylic acids is 1. The maximum atomic E-state index is 12.6. The van der Waals surface area contributed by atoms with Crippen LogP contribution in [0.25, 0.3) is 0 Å². The van der Waals surface area contributed by atoms with E-state index in [1.807, 2.05) is 0 Å². The number of hydrogen-bond donors (Lipinski definition) is 2. The minimum absolute atomic E-state index is 0.0299. The summed E-state index contributed by atoms with van der Waals surface area (Å²) in [5.41, 5.74) is 1.09. The average molecular weight is 411 g/mol. The molecule has 8 heteroatoms. The zero-order valence-electron chi connectivity index (χ0n) is 16.6. The van der Waals surface area contributed by atoms with Crippen LogP contribution in [0, 0.1) is 5.92 Å². The van der Waals surface area contributed by atoms with E-state index in [0.717, 1.165) is 37.7 Å². The van der Waals surface area contributed by atoms with Gasteiger partial charge in [0.2, 0.25) is 0 Å². The molecular formula is C20H30NO6P. The summed E-state index contributed by atoms with van der Waals surface area (Å²) >= 11 is 0. The predicted octanol–water partition coefficient (Wildman–Crippen LogP) is 4.22. The van der Waals surface area contributed by atoms with Gasteiger partial charge in [-0.25, -0.2) is 4.79 Å². The molecule has 0 saturated heterocycles. The van der Waals surface area contributed by atoms with Crippen molar-refractivity contribution >= 4 is 19.5 Å². The second-order valence-electron chi connectivity index (χ2n) is 6.99. The highest BCUT2D eigenvalue weighted by Gasteiger charge is 2.31. The summed E-state index contributed by atoms with van der Waals surface area (Å²) in [5.74, 6) is -1.44. The van der Waals surface area contributed by atoms with E-state index in [1.54, 1.807) is 38.1 Å². The molecule has 1 fully saturated rings. The first-order valence-electron chi connectivity index (χ1n) is 9.89. The fraction of sp³-hybridized carbons (Fsp3) is 0.600. The van der Waals surface area contributed by atoms with Crippen molar-refractivity contribution in [2.75, 3.05) is 13.2 Å². The van der Waals surface area contributed by atoms with Crippen molar-refractivity contribution in [3.63, 3.8) is 0 Å². The monoisotopic (exact) mass is 411 g/mol. The Hall–Kier alpha value is -1.69. The van der Waals surface area contributed by atoms with Crippen LogP contribution in [0.15, 0.2) is 24.3 Å². The maximum Gasteiger partial charge on any atom is 0.335 e. The van der Waals surface area contributed by atoms with Gasteiger partial charge in [-0.2, -0.15) is 0 Å². The third-order valence-corrected chi connectivity index (χ3v) is 6.97. The zero-order chi connectivity index (χ0) is 20.6. The summed E-state index contributed by atoms with van der Waals surface area (Å²) in [6.07, 6.45) is 4.88. The van der Waals surface area contributed by atoms with E-state index in [-0.39, 0.29) is 25.3 Å². The first-order valence-corrected chi connectivity index (χ1v) is 11.6. The van der Waals surface area contributed by atoms with Crippen molar-refractivity contribution in [2.45, 2.75) is 58.2 Å². The Bertz CT molecular complexity index is 689. The summed E-state index contributed by atoms with van der Waals surface area (Å²) in [6, 6.07) is 5.72. The van der Waals surface area contributed by atoms with Crippen LogP contribution in [0.2, 0.25) is 0 Å². The lowest BCUT2D eigenvalue weighted by Crippen LogP contribution is -2.46. The van der Waals surface area contributed by atoms with Crippen molar-refractivity contribution < 1.29 is 28.3 Å². The molecule has 0 unspecified atom stereocenters. The molecule has 1 amide bonds. The Labute approximate surface area is 166 Å². The molecule has 0 spiro atoms. The van der Waals surface area contributed by atoms with Crippen LogP contribution in [0.1, 0.15) is 61.9 Å². The van der Waals surface area contributed by atoms with E-state index in [9.17, 15) is 19.3 Å². The number of hydrogen-bond acceptors (Lipinski definition) is 5. The van der Waals surface area contributed by atoms with Gasteiger partial charge in [-0.15, -0.1) is 0 Å². The highest BCUT2D eigenvalue weighted by atomic mass is 31.2. The van der Waals surface area contributed by atoms with Gasteiger partial charge >= 0.3 is 13.6 Å². The van der Waals surface area contributed by atoms with Gasteiger partial charge in [-0.05, 0) is 50.3 Å². The standard InChI is InChI=1S/C20H30NO6P/c1-3-26-28(25,27-4-2)14-15-10-12-17(13-11-15)19(22)21-18(20(23)24)16-8-6-5-7-9-16/h10-13,16,18H,3-9,14H2,1-2H3,(H,21,22)(H,23,24)/t18-/m1/s1. The second kappa shape index (κ2) is 10.7. The van der Waals surface area contributed by atoms with E-state index in [1.165, 1.54) is 0 Å². The van der Waals surface area contributed by atoms with E-state index < -0.39 is 25.5 Å².